The number of ether oxygens (including phenoxy) is 2. The second kappa shape index (κ2) is 2.89. The predicted octanol–water partition coefficient (Wildman–Crippen LogP) is 1.99. The molecule has 4 nitrogen and oxygen atoms in total. The summed E-state index contributed by atoms with van der Waals surface area (Å²) in [5.74, 6) is -1.25. The first-order valence-corrected chi connectivity index (χ1v) is 4.65. The van der Waals surface area contributed by atoms with Gasteiger partial charge in [0, 0.05) is 13.8 Å². The number of cyclic esters (lactones) is 1. The normalized spacial score (nSPS) is 17.7. The summed E-state index contributed by atoms with van der Waals surface area (Å²) in [6.45, 7) is 5.00. The third-order valence-electron chi connectivity index (χ3n) is 2.24. The highest BCUT2D eigenvalue weighted by Crippen LogP contribution is 2.37. The van der Waals surface area contributed by atoms with Gasteiger partial charge < -0.3 is 14.6 Å². The van der Waals surface area contributed by atoms with Gasteiger partial charge in [-0.15, -0.1) is 0 Å². The highest BCUT2D eigenvalue weighted by Gasteiger charge is 2.36. The van der Waals surface area contributed by atoms with Crippen LogP contribution < -0.4 is 4.74 Å². The molecule has 1 N–H and O–H groups in total. The number of carbonyl (C=O) groups excluding carboxylic acids is 1. The number of hydrogen-bond donors (Lipinski definition) is 1. The number of rotatable bonds is 0. The van der Waals surface area contributed by atoms with Gasteiger partial charge >= 0.3 is 5.97 Å². The average molecular weight is 208 g/mol. The van der Waals surface area contributed by atoms with Gasteiger partial charge in [0.25, 0.3) is 0 Å². The number of phenols is 1. The lowest BCUT2D eigenvalue weighted by molar-refractivity contribution is -0.127. The van der Waals surface area contributed by atoms with E-state index in [1.807, 2.05) is 0 Å². The van der Waals surface area contributed by atoms with E-state index >= 15 is 0 Å². The molecule has 0 fully saturated rings. The minimum absolute atomic E-state index is 0.0759. The summed E-state index contributed by atoms with van der Waals surface area (Å²) in [5.41, 5.74) is 0.725. The number of esters is 1. The van der Waals surface area contributed by atoms with Crippen LogP contribution in [0, 0.1) is 6.92 Å². The van der Waals surface area contributed by atoms with E-state index in [4.69, 9.17) is 9.47 Å². The van der Waals surface area contributed by atoms with E-state index in [1.54, 1.807) is 32.9 Å². The lowest BCUT2D eigenvalue weighted by atomic mass is 10.1. The molecule has 1 aromatic carbocycles. The highest BCUT2D eigenvalue weighted by atomic mass is 16.7. The molecule has 0 amide bonds. The van der Waals surface area contributed by atoms with Crippen molar-refractivity contribution in [2.75, 3.05) is 0 Å². The molecule has 0 aromatic heterocycles. The second-order valence-corrected chi connectivity index (χ2v) is 4.00. The van der Waals surface area contributed by atoms with Crippen LogP contribution in [0.3, 0.4) is 0 Å². The summed E-state index contributed by atoms with van der Waals surface area (Å²) >= 11 is 0. The van der Waals surface area contributed by atoms with E-state index < -0.39 is 11.8 Å². The van der Waals surface area contributed by atoms with Crippen molar-refractivity contribution in [1.82, 2.24) is 0 Å². The molecule has 0 saturated carbocycles. The van der Waals surface area contributed by atoms with E-state index in [1.165, 1.54) is 0 Å². The van der Waals surface area contributed by atoms with Crippen molar-refractivity contribution in [3.63, 3.8) is 0 Å². The maximum Gasteiger partial charge on any atom is 0.349 e. The highest BCUT2D eigenvalue weighted by molar-refractivity contribution is 5.97. The number of fused-ring (bicyclic) bond motifs is 1. The van der Waals surface area contributed by atoms with Crippen LogP contribution in [0.4, 0.5) is 0 Å². The second-order valence-electron chi connectivity index (χ2n) is 4.00. The summed E-state index contributed by atoms with van der Waals surface area (Å²) in [6.07, 6.45) is 0. The van der Waals surface area contributed by atoms with Crippen molar-refractivity contribution in [2.45, 2.75) is 26.6 Å². The zero-order valence-electron chi connectivity index (χ0n) is 8.83. The number of aryl methyl sites for hydroxylation is 1. The standard InChI is InChI=1S/C11H12O4/c1-6-4-5-7-8(9(6)12)10(13)15-11(2,3)14-7/h4-5,12H,1-3H3. The van der Waals surface area contributed by atoms with Gasteiger partial charge in [-0.3, -0.25) is 0 Å². The Morgan fingerprint density at radius 1 is 1.27 bits per heavy atom. The Hall–Kier alpha value is -1.71. The molecular formula is C11H12O4. The van der Waals surface area contributed by atoms with Gasteiger partial charge in [-0.05, 0) is 18.6 Å². The summed E-state index contributed by atoms with van der Waals surface area (Å²) in [7, 11) is 0. The van der Waals surface area contributed by atoms with E-state index in [2.05, 4.69) is 0 Å². The Kier molecular flexibility index (Phi) is 1.89. The molecule has 1 heterocycles. The molecule has 0 bridgehead atoms. The van der Waals surface area contributed by atoms with E-state index in [9.17, 15) is 9.90 Å². The van der Waals surface area contributed by atoms with E-state index in [0.717, 1.165) is 0 Å². The molecule has 0 saturated heterocycles. The fourth-order valence-electron chi connectivity index (χ4n) is 1.52. The van der Waals surface area contributed by atoms with Crippen LogP contribution in [0.25, 0.3) is 0 Å². The molecule has 1 aliphatic heterocycles. The van der Waals surface area contributed by atoms with Gasteiger partial charge in [-0.25, -0.2) is 4.79 Å². The molecule has 0 aliphatic carbocycles. The number of aromatic hydroxyl groups is 1. The predicted molar refractivity (Wildman–Crippen MR) is 53.0 cm³/mol. The number of benzene rings is 1. The van der Waals surface area contributed by atoms with Crippen molar-refractivity contribution in [1.29, 1.82) is 0 Å². The zero-order chi connectivity index (χ0) is 11.2. The van der Waals surface area contributed by atoms with Crippen LogP contribution in [0.2, 0.25) is 0 Å². The fraction of sp³-hybridized carbons (Fsp3) is 0.364. The van der Waals surface area contributed by atoms with Crippen LogP contribution in [-0.4, -0.2) is 16.9 Å². The Morgan fingerprint density at radius 3 is 2.60 bits per heavy atom. The molecule has 0 radical (unpaired) electrons. The number of phenolic OH excluding ortho intramolecular Hbond substituents is 1. The first-order valence-electron chi connectivity index (χ1n) is 4.65. The first-order chi connectivity index (χ1) is 6.91. The first kappa shape index (κ1) is 9.83. The van der Waals surface area contributed by atoms with Gasteiger partial charge in [0.1, 0.15) is 17.1 Å². The molecule has 1 aromatic rings. The summed E-state index contributed by atoms with van der Waals surface area (Å²) < 4.78 is 10.4. The Balaban J connectivity index is 2.60. The van der Waals surface area contributed by atoms with Gasteiger partial charge in [0.2, 0.25) is 5.79 Å². The number of hydrogen-bond acceptors (Lipinski definition) is 4. The van der Waals surface area contributed by atoms with Gasteiger partial charge in [-0.2, -0.15) is 0 Å². The SMILES string of the molecule is Cc1ccc2c(c1O)C(=O)OC(C)(C)O2. The molecule has 0 atom stereocenters. The molecule has 80 valence electrons. The van der Waals surface area contributed by atoms with E-state index in [0.29, 0.717) is 11.3 Å². The molecular weight excluding hydrogens is 196 g/mol. The van der Waals surface area contributed by atoms with Crippen molar-refractivity contribution in [2.24, 2.45) is 0 Å². The van der Waals surface area contributed by atoms with Gasteiger partial charge in [-0.1, -0.05) is 6.07 Å². The lowest BCUT2D eigenvalue weighted by Gasteiger charge is -2.32. The third-order valence-corrected chi connectivity index (χ3v) is 2.24. The minimum atomic E-state index is -0.980. The van der Waals surface area contributed by atoms with Crippen LogP contribution in [0.15, 0.2) is 12.1 Å². The molecule has 4 heteroatoms. The van der Waals surface area contributed by atoms with E-state index in [-0.39, 0.29) is 11.3 Å². The van der Waals surface area contributed by atoms with Gasteiger partial charge in [0.05, 0.1) is 0 Å². The van der Waals surface area contributed by atoms with Crippen molar-refractivity contribution in [3.05, 3.63) is 23.3 Å². The average Bonchev–Trinajstić information content (AvgIpc) is 2.09. The van der Waals surface area contributed by atoms with Crippen LogP contribution in [-0.2, 0) is 4.74 Å². The Labute approximate surface area is 87.4 Å². The lowest BCUT2D eigenvalue weighted by Crippen LogP contribution is -2.38. The van der Waals surface area contributed by atoms with Crippen LogP contribution >= 0.6 is 0 Å². The molecule has 15 heavy (non-hydrogen) atoms. The molecule has 0 unspecified atom stereocenters. The maximum atomic E-state index is 11.6. The van der Waals surface area contributed by atoms with Crippen LogP contribution in [0.1, 0.15) is 29.8 Å². The summed E-state index contributed by atoms with van der Waals surface area (Å²) in [5, 5.41) is 9.70. The quantitative estimate of drug-likeness (QED) is 0.662. The molecule has 0 spiro atoms. The molecule has 1 aliphatic rings. The monoisotopic (exact) mass is 208 g/mol. The number of carbonyl (C=O) groups is 1. The molecule has 2 rings (SSSR count). The van der Waals surface area contributed by atoms with Crippen molar-refractivity contribution >= 4 is 5.97 Å². The minimum Gasteiger partial charge on any atom is -0.507 e. The zero-order valence-corrected chi connectivity index (χ0v) is 8.83. The topological polar surface area (TPSA) is 55.8 Å². The largest absolute Gasteiger partial charge is 0.507 e. The summed E-state index contributed by atoms with van der Waals surface area (Å²) in [4.78, 5) is 11.6. The van der Waals surface area contributed by atoms with Gasteiger partial charge in [0.15, 0.2) is 0 Å². The third kappa shape index (κ3) is 1.52. The fourth-order valence-corrected chi connectivity index (χ4v) is 1.52. The Morgan fingerprint density at radius 2 is 1.93 bits per heavy atom. The van der Waals surface area contributed by atoms with Crippen molar-refractivity contribution in [3.8, 4) is 11.5 Å². The Bertz CT molecular complexity index is 434. The van der Waals surface area contributed by atoms with Crippen LogP contribution in [0.5, 0.6) is 11.5 Å². The smallest absolute Gasteiger partial charge is 0.349 e. The van der Waals surface area contributed by atoms with Crippen molar-refractivity contribution < 1.29 is 19.4 Å². The summed E-state index contributed by atoms with van der Waals surface area (Å²) in [6, 6.07) is 3.36. The maximum absolute atomic E-state index is 11.6.